The van der Waals surface area contributed by atoms with E-state index in [1.54, 1.807) is 12.1 Å². The number of nitrogens with zero attached hydrogens (tertiary/aromatic N) is 1. The minimum absolute atomic E-state index is 0.0188. The Bertz CT molecular complexity index is 572. The molecule has 0 aliphatic heterocycles. The highest BCUT2D eigenvalue weighted by Crippen LogP contribution is 2.18. The second kappa shape index (κ2) is 5.64. The highest BCUT2D eigenvalue weighted by Gasteiger charge is 2.05. The lowest BCUT2D eigenvalue weighted by Gasteiger charge is -2.06. The molecule has 5 heteroatoms. The number of pyridine rings is 1. The summed E-state index contributed by atoms with van der Waals surface area (Å²) in [6.07, 6.45) is 0. The van der Waals surface area contributed by atoms with Crippen LogP contribution >= 0.6 is 15.9 Å². The SMILES string of the molecule is O=C(O)c1cccc(COc2cccc(Br)c2)n1. The summed E-state index contributed by atoms with van der Waals surface area (Å²) in [6.45, 7) is 0.234. The summed E-state index contributed by atoms with van der Waals surface area (Å²) in [6, 6.07) is 12.2. The minimum atomic E-state index is -1.04. The van der Waals surface area contributed by atoms with Gasteiger partial charge in [-0.15, -0.1) is 0 Å². The van der Waals surface area contributed by atoms with Gasteiger partial charge in [0.05, 0.1) is 5.69 Å². The molecule has 0 bridgehead atoms. The highest BCUT2D eigenvalue weighted by molar-refractivity contribution is 9.10. The number of hydrogen-bond acceptors (Lipinski definition) is 3. The summed E-state index contributed by atoms with van der Waals surface area (Å²) in [5, 5.41) is 8.82. The van der Waals surface area contributed by atoms with E-state index in [0.717, 1.165) is 4.47 Å². The van der Waals surface area contributed by atoms with Crippen LogP contribution in [0.4, 0.5) is 0 Å². The Morgan fingerprint density at radius 3 is 2.78 bits per heavy atom. The first kappa shape index (κ1) is 12.6. The molecule has 92 valence electrons. The summed E-state index contributed by atoms with van der Waals surface area (Å²) in [5.74, 6) is -0.341. The molecule has 2 aromatic rings. The molecule has 0 saturated heterocycles. The van der Waals surface area contributed by atoms with Crippen LogP contribution in [0.25, 0.3) is 0 Å². The van der Waals surface area contributed by atoms with Crippen molar-refractivity contribution in [3.63, 3.8) is 0 Å². The molecule has 2 rings (SSSR count). The van der Waals surface area contributed by atoms with Gasteiger partial charge in [0.15, 0.2) is 0 Å². The van der Waals surface area contributed by atoms with E-state index in [1.807, 2.05) is 24.3 Å². The van der Waals surface area contributed by atoms with Crippen LogP contribution in [0.3, 0.4) is 0 Å². The smallest absolute Gasteiger partial charge is 0.354 e. The first-order chi connectivity index (χ1) is 8.65. The van der Waals surface area contributed by atoms with Crippen LogP contribution in [-0.2, 0) is 6.61 Å². The second-order valence-electron chi connectivity index (χ2n) is 3.57. The molecule has 0 amide bonds. The Morgan fingerprint density at radius 1 is 1.28 bits per heavy atom. The summed E-state index contributed by atoms with van der Waals surface area (Å²) >= 11 is 3.35. The van der Waals surface area contributed by atoms with Gasteiger partial charge >= 0.3 is 5.97 Å². The molecule has 0 unspecified atom stereocenters. The summed E-state index contributed by atoms with van der Waals surface area (Å²) < 4.78 is 6.45. The van der Waals surface area contributed by atoms with Gasteiger partial charge < -0.3 is 9.84 Å². The molecule has 0 radical (unpaired) electrons. The molecule has 0 atom stereocenters. The van der Waals surface area contributed by atoms with Gasteiger partial charge in [-0.2, -0.15) is 0 Å². The number of rotatable bonds is 4. The number of aromatic nitrogens is 1. The predicted octanol–water partition coefficient (Wildman–Crippen LogP) is 3.12. The van der Waals surface area contributed by atoms with Gasteiger partial charge in [0.1, 0.15) is 18.1 Å². The molecule has 1 aromatic heterocycles. The molecule has 0 fully saturated rings. The molecule has 0 aliphatic rings. The fraction of sp³-hybridized carbons (Fsp3) is 0.0769. The summed E-state index contributed by atoms with van der Waals surface area (Å²) in [5.41, 5.74) is 0.597. The molecule has 0 saturated carbocycles. The van der Waals surface area contributed by atoms with E-state index >= 15 is 0 Å². The van der Waals surface area contributed by atoms with Crippen molar-refractivity contribution in [2.24, 2.45) is 0 Å². The van der Waals surface area contributed by atoms with Crippen molar-refractivity contribution >= 4 is 21.9 Å². The van der Waals surface area contributed by atoms with Gasteiger partial charge in [-0.05, 0) is 30.3 Å². The molecule has 1 N–H and O–H groups in total. The Kier molecular flexibility index (Phi) is 3.94. The van der Waals surface area contributed by atoms with Crippen molar-refractivity contribution in [1.29, 1.82) is 0 Å². The number of ether oxygens (including phenoxy) is 1. The third-order valence-electron chi connectivity index (χ3n) is 2.21. The Balaban J connectivity index is 2.06. The van der Waals surface area contributed by atoms with E-state index in [-0.39, 0.29) is 12.3 Å². The van der Waals surface area contributed by atoms with Gasteiger partial charge in [0, 0.05) is 4.47 Å². The van der Waals surface area contributed by atoms with Crippen LogP contribution < -0.4 is 4.74 Å². The van der Waals surface area contributed by atoms with Crippen molar-refractivity contribution in [2.45, 2.75) is 6.61 Å². The first-order valence-corrected chi connectivity index (χ1v) is 6.02. The van der Waals surface area contributed by atoms with Crippen LogP contribution in [0, 0.1) is 0 Å². The van der Waals surface area contributed by atoms with Gasteiger partial charge in [-0.3, -0.25) is 0 Å². The molecule has 0 aliphatic carbocycles. The van der Waals surface area contributed by atoms with Crippen molar-refractivity contribution in [1.82, 2.24) is 4.98 Å². The van der Waals surface area contributed by atoms with Crippen molar-refractivity contribution in [3.8, 4) is 5.75 Å². The van der Waals surface area contributed by atoms with E-state index in [9.17, 15) is 4.79 Å². The lowest BCUT2D eigenvalue weighted by atomic mass is 10.3. The zero-order valence-electron chi connectivity index (χ0n) is 9.34. The summed E-state index contributed by atoms with van der Waals surface area (Å²) in [4.78, 5) is 14.7. The van der Waals surface area contributed by atoms with Gasteiger partial charge in [-0.1, -0.05) is 28.1 Å². The molecule has 4 nitrogen and oxygen atoms in total. The van der Waals surface area contributed by atoms with E-state index in [4.69, 9.17) is 9.84 Å². The van der Waals surface area contributed by atoms with Crippen molar-refractivity contribution in [3.05, 3.63) is 58.3 Å². The fourth-order valence-corrected chi connectivity index (χ4v) is 1.77. The zero-order chi connectivity index (χ0) is 13.0. The minimum Gasteiger partial charge on any atom is -0.487 e. The maximum Gasteiger partial charge on any atom is 0.354 e. The van der Waals surface area contributed by atoms with Crippen LogP contribution in [0.5, 0.6) is 5.75 Å². The highest BCUT2D eigenvalue weighted by atomic mass is 79.9. The number of carboxylic acid groups (broad SMARTS) is 1. The number of carboxylic acids is 1. The summed E-state index contributed by atoms with van der Waals surface area (Å²) in [7, 11) is 0. The molecular formula is C13H10BrNO3. The first-order valence-electron chi connectivity index (χ1n) is 5.23. The van der Waals surface area contributed by atoms with E-state index in [2.05, 4.69) is 20.9 Å². The van der Waals surface area contributed by atoms with Crippen LogP contribution in [0.2, 0.25) is 0 Å². The van der Waals surface area contributed by atoms with Gasteiger partial charge in [0.25, 0.3) is 0 Å². The Labute approximate surface area is 112 Å². The predicted molar refractivity (Wildman–Crippen MR) is 69.7 cm³/mol. The maximum atomic E-state index is 10.8. The standard InChI is InChI=1S/C13H10BrNO3/c14-9-3-1-5-11(7-9)18-8-10-4-2-6-12(15-10)13(16)17/h1-7H,8H2,(H,16,17). The van der Waals surface area contributed by atoms with E-state index in [1.165, 1.54) is 6.07 Å². The maximum absolute atomic E-state index is 10.8. The number of halogens is 1. The number of aromatic carboxylic acids is 1. The largest absolute Gasteiger partial charge is 0.487 e. The Hall–Kier alpha value is -1.88. The average Bonchev–Trinajstić information content (AvgIpc) is 2.37. The monoisotopic (exact) mass is 307 g/mol. The Morgan fingerprint density at radius 2 is 2.06 bits per heavy atom. The average molecular weight is 308 g/mol. The zero-order valence-corrected chi connectivity index (χ0v) is 10.9. The molecular weight excluding hydrogens is 298 g/mol. The lowest BCUT2D eigenvalue weighted by molar-refractivity contribution is 0.0690. The second-order valence-corrected chi connectivity index (χ2v) is 4.48. The topological polar surface area (TPSA) is 59.4 Å². The number of carbonyl (C=O) groups is 1. The van der Waals surface area contributed by atoms with Crippen LogP contribution in [-0.4, -0.2) is 16.1 Å². The van der Waals surface area contributed by atoms with Crippen molar-refractivity contribution < 1.29 is 14.6 Å². The van der Waals surface area contributed by atoms with E-state index in [0.29, 0.717) is 11.4 Å². The molecule has 1 heterocycles. The normalized spacial score (nSPS) is 10.1. The van der Waals surface area contributed by atoms with E-state index < -0.39 is 5.97 Å². The molecule has 1 aromatic carbocycles. The van der Waals surface area contributed by atoms with Crippen LogP contribution in [0.15, 0.2) is 46.9 Å². The van der Waals surface area contributed by atoms with Crippen LogP contribution in [0.1, 0.15) is 16.2 Å². The quantitative estimate of drug-likeness (QED) is 0.943. The van der Waals surface area contributed by atoms with Crippen molar-refractivity contribution in [2.75, 3.05) is 0 Å². The fourth-order valence-electron chi connectivity index (χ4n) is 1.39. The number of hydrogen-bond donors (Lipinski definition) is 1. The number of benzene rings is 1. The molecule has 18 heavy (non-hydrogen) atoms. The van der Waals surface area contributed by atoms with Gasteiger partial charge in [0.2, 0.25) is 0 Å². The third-order valence-corrected chi connectivity index (χ3v) is 2.70. The lowest BCUT2D eigenvalue weighted by Crippen LogP contribution is -2.04. The third kappa shape index (κ3) is 3.30. The molecule has 0 spiro atoms. The van der Waals surface area contributed by atoms with Gasteiger partial charge in [-0.25, -0.2) is 9.78 Å².